The molecule has 2 rings (SSSR count). The highest BCUT2D eigenvalue weighted by Gasteiger charge is 2.30. The van der Waals surface area contributed by atoms with Gasteiger partial charge in [0.25, 0.3) is 11.7 Å². The Balaban J connectivity index is 2.76. The standard InChI is InChI=1S/C9H5Br2NO2/c1-3-5(10)2-4-7(6(3)11)12-9(14)8(4)13/h2H,1H3,(H,12,13,14). The smallest absolute Gasteiger partial charge is 0.296 e. The minimum atomic E-state index is -0.571. The molecule has 1 aliphatic heterocycles. The number of hydrogen-bond donors (Lipinski definition) is 1. The first-order chi connectivity index (χ1) is 6.52. The number of fused-ring (bicyclic) bond motifs is 1. The van der Waals surface area contributed by atoms with Crippen LogP contribution in [0.25, 0.3) is 0 Å². The molecule has 0 unspecified atom stereocenters. The third kappa shape index (κ3) is 1.23. The molecule has 0 saturated carbocycles. The maximum Gasteiger partial charge on any atom is 0.296 e. The highest BCUT2D eigenvalue weighted by atomic mass is 79.9. The summed E-state index contributed by atoms with van der Waals surface area (Å²) in [5.41, 5.74) is 1.94. The average Bonchev–Trinajstić information content (AvgIpc) is 2.42. The van der Waals surface area contributed by atoms with E-state index in [1.807, 2.05) is 6.92 Å². The summed E-state index contributed by atoms with van der Waals surface area (Å²) in [6.07, 6.45) is 0. The second-order valence-electron chi connectivity index (χ2n) is 3.00. The third-order valence-electron chi connectivity index (χ3n) is 2.14. The summed E-state index contributed by atoms with van der Waals surface area (Å²) in [5, 5.41) is 2.53. The number of carbonyl (C=O) groups excluding carboxylic acids is 2. The number of ketones is 1. The van der Waals surface area contributed by atoms with Crippen molar-refractivity contribution in [2.45, 2.75) is 6.92 Å². The molecular formula is C9H5Br2NO2. The van der Waals surface area contributed by atoms with E-state index in [1.165, 1.54) is 0 Å². The highest BCUT2D eigenvalue weighted by molar-refractivity contribution is 9.11. The van der Waals surface area contributed by atoms with Gasteiger partial charge in [0, 0.05) is 8.95 Å². The van der Waals surface area contributed by atoms with Crippen LogP contribution in [0.15, 0.2) is 15.0 Å². The molecule has 0 saturated heterocycles. The minimum Gasteiger partial charge on any atom is -0.317 e. The second kappa shape index (κ2) is 3.17. The van der Waals surface area contributed by atoms with E-state index >= 15 is 0 Å². The summed E-state index contributed by atoms with van der Waals surface area (Å²) >= 11 is 6.67. The molecule has 0 atom stereocenters. The lowest BCUT2D eigenvalue weighted by Gasteiger charge is -2.06. The van der Waals surface area contributed by atoms with Crippen molar-refractivity contribution >= 4 is 49.2 Å². The van der Waals surface area contributed by atoms with E-state index in [0.29, 0.717) is 11.3 Å². The third-order valence-corrected chi connectivity index (χ3v) is 3.95. The Morgan fingerprint density at radius 3 is 2.57 bits per heavy atom. The monoisotopic (exact) mass is 317 g/mol. The summed E-state index contributed by atoms with van der Waals surface area (Å²) in [7, 11) is 0. The fourth-order valence-corrected chi connectivity index (χ4v) is 2.53. The first-order valence-corrected chi connectivity index (χ1v) is 5.45. The first kappa shape index (κ1) is 9.86. The quantitative estimate of drug-likeness (QED) is 0.747. The van der Waals surface area contributed by atoms with E-state index in [-0.39, 0.29) is 0 Å². The molecule has 0 fully saturated rings. The Hall–Kier alpha value is -0.680. The van der Waals surface area contributed by atoms with Gasteiger partial charge in [-0.15, -0.1) is 0 Å². The Morgan fingerprint density at radius 2 is 1.93 bits per heavy atom. The van der Waals surface area contributed by atoms with Gasteiger partial charge in [0.05, 0.1) is 11.3 Å². The van der Waals surface area contributed by atoms with E-state index < -0.39 is 11.7 Å². The highest BCUT2D eigenvalue weighted by Crippen LogP contribution is 2.37. The molecule has 1 N–H and O–H groups in total. The molecule has 1 heterocycles. The summed E-state index contributed by atoms with van der Waals surface area (Å²) in [5.74, 6) is -1.06. The molecule has 3 nitrogen and oxygen atoms in total. The molecule has 14 heavy (non-hydrogen) atoms. The van der Waals surface area contributed by atoms with Crippen LogP contribution in [0.2, 0.25) is 0 Å². The average molecular weight is 319 g/mol. The summed E-state index contributed by atoms with van der Waals surface area (Å²) in [4.78, 5) is 22.5. The van der Waals surface area contributed by atoms with Gasteiger partial charge in [0.1, 0.15) is 0 Å². The summed E-state index contributed by atoms with van der Waals surface area (Å²) in [6.45, 7) is 1.89. The molecule has 0 radical (unpaired) electrons. The van der Waals surface area contributed by atoms with Gasteiger partial charge >= 0.3 is 0 Å². The van der Waals surface area contributed by atoms with Gasteiger partial charge in [0.2, 0.25) is 0 Å². The fraction of sp³-hybridized carbons (Fsp3) is 0.111. The van der Waals surface area contributed by atoms with Crippen molar-refractivity contribution in [3.05, 3.63) is 26.1 Å². The SMILES string of the molecule is Cc1c(Br)cc2c(c1Br)NC(=O)C2=O. The maximum absolute atomic E-state index is 11.4. The van der Waals surface area contributed by atoms with Crippen LogP contribution in [0.5, 0.6) is 0 Å². The summed E-state index contributed by atoms with van der Waals surface area (Å²) < 4.78 is 1.56. The van der Waals surface area contributed by atoms with E-state index in [4.69, 9.17) is 0 Å². The maximum atomic E-state index is 11.4. The predicted molar refractivity (Wildman–Crippen MR) is 59.5 cm³/mol. The number of Topliss-reactive ketones (excluding diaryl/α,β-unsaturated/α-hetero) is 1. The van der Waals surface area contributed by atoms with Crippen molar-refractivity contribution in [1.82, 2.24) is 0 Å². The molecule has 0 spiro atoms. The number of carbonyl (C=O) groups is 2. The second-order valence-corrected chi connectivity index (χ2v) is 4.65. The molecule has 1 amide bonds. The van der Waals surface area contributed by atoms with Gasteiger partial charge < -0.3 is 5.32 Å². The van der Waals surface area contributed by atoms with Crippen LogP contribution in [0, 0.1) is 6.92 Å². The first-order valence-electron chi connectivity index (χ1n) is 3.86. The van der Waals surface area contributed by atoms with Crippen molar-refractivity contribution in [3.63, 3.8) is 0 Å². The molecule has 0 aliphatic carbocycles. The lowest BCUT2D eigenvalue weighted by atomic mass is 10.1. The molecule has 0 bridgehead atoms. The molecule has 1 aromatic carbocycles. The lowest BCUT2D eigenvalue weighted by molar-refractivity contribution is -0.112. The van der Waals surface area contributed by atoms with Crippen LogP contribution in [0.4, 0.5) is 5.69 Å². The van der Waals surface area contributed by atoms with E-state index in [1.54, 1.807) is 6.07 Å². The lowest BCUT2D eigenvalue weighted by Crippen LogP contribution is -2.12. The van der Waals surface area contributed by atoms with Crippen molar-refractivity contribution in [3.8, 4) is 0 Å². The number of hydrogen-bond acceptors (Lipinski definition) is 2. The normalized spacial score (nSPS) is 14.2. The number of halogens is 2. The van der Waals surface area contributed by atoms with Crippen LogP contribution in [0.1, 0.15) is 15.9 Å². The van der Waals surface area contributed by atoms with E-state index in [0.717, 1.165) is 14.5 Å². The van der Waals surface area contributed by atoms with Gasteiger partial charge in [-0.05, 0) is 34.5 Å². The van der Waals surface area contributed by atoms with Crippen LogP contribution in [-0.4, -0.2) is 11.7 Å². The number of anilines is 1. The Morgan fingerprint density at radius 1 is 1.29 bits per heavy atom. The largest absolute Gasteiger partial charge is 0.317 e. The van der Waals surface area contributed by atoms with Crippen molar-refractivity contribution in [2.75, 3.05) is 5.32 Å². The number of benzene rings is 1. The zero-order valence-electron chi connectivity index (χ0n) is 7.15. The van der Waals surface area contributed by atoms with Crippen molar-refractivity contribution in [2.24, 2.45) is 0 Å². The van der Waals surface area contributed by atoms with Gasteiger partial charge in [-0.25, -0.2) is 0 Å². The van der Waals surface area contributed by atoms with E-state index in [2.05, 4.69) is 37.2 Å². The minimum absolute atomic E-state index is 0.416. The number of amides is 1. The van der Waals surface area contributed by atoms with E-state index in [9.17, 15) is 9.59 Å². The fourth-order valence-electron chi connectivity index (χ4n) is 1.31. The Labute approximate surface area is 97.1 Å². The predicted octanol–water partition coefficient (Wildman–Crippen LogP) is 2.65. The van der Waals surface area contributed by atoms with Crippen LogP contribution < -0.4 is 5.32 Å². The molecule has 5 heteroatoms. The molecule has 1 aromatic rings. The molecular weight excluding hydrogens is 314 g/mol. The summed E-state index contributed by atoms with van der Waals surface area (Å²) in [6, 6.07) is 1.66. The zero-order chi connectivity index (χ0) is 10.5. The molecule has 72 valence electrons. The van der Waals surface area contributed by atoms with Crippen molar-refractivity contribution in [1.29, 1.82) is 0 Å². The molecule has 0 aromatic heterocycles. The van der Waals surface area contributed by atoms with Crippen LogP contribution in [0.3, 0.4) is 0 Å². The van der Waals surface area contributed by atoms with Gasteiger partial charge in [0.15, 0.2) is 0 Å². The van der Waals surface area contributed by atoms with Gasteiger partial charge in [-0.1, -0.05) is 15.9 Å². The number of rotatable bonds is 0. The number of nitrogens with one attached hydrogen (secondary N) is 1. The topological polar surface area (TPSA) is 46.2 Å². The van der Waals surface area contributed by atoms with Crippen molar-refractivity contribution < 1.29 is 9.59 Å². The Bertz CT molecular complexity index is 468. The van der Waals surface area contributed by atoms with Gasteiger partial charge in [-0.3, -0.25) is 9.59 Å². The van der Waals surface area contributed by atoms with Crippen LogP contribution in [-0.2, 0) is 4.79 Å². The Kier molecular flexibility index (Phi) is 2.23. The van der Waals surface area contributed by atoms with Crippen LogP contribution >= 0.6 is 31.9 Å². The van der Waals surface area contributed by atoms with Gasteiger partial charge in [-0.2, -0.15) is 0 Å². The zero-order valence-corrected chi connectivity index (χ0v) is 10.3. The molecule has 1 aliphatic rings.